The number of ether oxygens (including phenoxy) is 1. The van der Waals surface area contributed by atoms with E-state index in [4.69, 9.17) is 4.74 Å². The summed E-state index contributed by atoms with van der Waals surface area (Å²) < 4.78 is 33.2. The topological polar surface area (TPSA) is 93.2 Å². The van der Waals surface area contributed by atoms with Crippen molar-refractivity contribution in [3.63, 3.8) is 0 Å². The van der Waals surface area contributed by atoms with E-state index in [1.54, 1.807) is 24.3 Å². The van der Waals surface area contributed by atoms with Crippen molar-refractivity contribution in [2.45, 2.75) is 25.7 Å². The minimum absolute atomic E-state index is 0.0572. The van der Waals surface area contributed by atoms with Gasteiger partial charge in [-0.2, -0.15) is 0 Å². The fraction of sp³-hybridized carbons (Fsp3) is 0.200. The number of nitrogens with one attached hydrogen (secondary N) is 2. The van der Waals surface area contributed by atoms with Crippen LogP contribution in [-0.2, 0) is 10.0 Å². The number of rotatable bonds is 6. The molecule has 1 heterocycles. The van der Waals surface area contributed by atoms with Gasteiger partial charge < -0.3 is 10.1 Å². The van der Waals surface area contributed by atoms with Gasteiger partial charge in [0.25, 0.3) is 10.0 Å². The van der Waals surface area contributed by atoms with Crippen molar-refractivity contribution in [2.24, 2.45) is 0 Å². The predicted octanol–water partition coefficient (Wildman–Crippen LogP) is 3.95. The highest BCUT2D eigenvalue weighted by molar-refractivity contribution is 7.92. The zero-order valence-electron chi connectivity index (χ0n) is 16.1. The van der Waals surface area contributed by atoms with Crippen LogP contribution in [0.15, 0.2) is 53.4 Å². The van der Waals surface area contributed by atoms with E-state index in [0.717, 1.165) is 22.4 Å². The summed E-state index contributed by atoms with van der Waals surface area (Å²) in [6, 6.07) is 14.3. The third kappa shape index (κ3) is 4.40. The van der Waals surface area contributed by atoms with Crippen LogP contribution in [0.3, 0.4) is 0 Å². The van der Waals surface area contributed by atoms with Gasteiger partial charge in [0.05, 0.1) is 7.11 Å². The Kier molecular flexibility index (Phi) is 5.51. The second-order valence-electron chi connectivity index (χ2n) is 6.49. The first-order valence-electron chi connectivity index (χ1n) is 8.64. The fourth-order valence-corrected chi connectivity index (χ4v) is 3.80. The van der Waals surface area contributed by atoms with Gasteiger partial charge in [0, 0.05) is 5.69 Å². The van der Waals surface area contributed by atoms with Crippen molar-refractivity contribution in [1.82, 2.24) is 10.2 Å². The van der Waals surface area contributed by atoms with Crippen LogP contribution in [-0.4, -0.2) is 25.7 Å². The largest absolute Gasteiger partial charge is 0.495 e. The molecule has 0 saturated carbocycles. The number of hydrogen-bond donors (Lipinski definition) is 2. The van der Waals surface area contributed by atoms with Crippen LogP contribution < -0.4 is 14.8 Å². The quantitative estimate of drug-likeness (QED) is 0.653. The Labute approximate surface area is 164 Å². The molecule has 2 N–H and O–H groups in total. The molecule has 0 fully saturated rings. The molecule has 2 aromatic carbocycles. The number of anilines is 3. The highest BCUT2D eigenvalue weighted by atomic mass is 32.2. The Morgan fingerprint density at radius 2 is 1.46 bits per heavy atom. The van der Waals surface area contributed by atoms with Gasteiger partial charge >= 0.3 is 0 Å². The van der Waals surface area contributed by atoms with E-state index >= 15 is 0 Å². The number of benzene rings is 2. The Morgan fingerprint density at radius 3 is 2.07 bits per heavy atom. The molecule has 0 amide bonds. The van der Waals surface area contributed by atoms with E-state index in [1.165, 1.54) is 7.11 Å². The molecule has 0 unspecified atom stereocenters. The van der Waals surface area contributed by atoms with Gasteiger partial charge in [-0.3, -0.25) is 4.72 Å². The van der Waals surface area contributed by atoms with E-state index in [1.807, 2.05) is 45.0 Å². The monoisotopic (exact) mass is 398 g/mol. The van der Waals surface area contributed by atoms with Gasteiger partial charge in [0.2, 0.25) is 0 Å². The smallest absolute Gasteiger partial charge is 0.266 e. The number of aromatic nitrogens is 2. The molecule has 146 valence electrons. The predicted molar refractivity (Wildman–Crippen MR) is 110 cm³/mol. The number of aryl methyl sites for hydroxylation is 3. The Balaban J connectivity index is 1.79. The lowest BCUT2D eigenvalue weighted by Gasteiger charge is -2.13. The second kappa shape index (κ2) is 7.85. The summed E-state index contributed by atoms with van der Waals surface area (Å²) >= 11 is 0. The molecule has 3 aromatic rings. The van der Waals surface area contributed by atoms with Gasteiger partial charge in [0.1, 0.15) is 10.6 Å². The third-order valence-electron chi connectivity index (χ3n) is 4.30. The highest BCUT2D eigenvalue weighted by Gasteiger charge is 2.21. The lowest BCUT2D eigenvalue weighted by atomic mass is 10.1. The maximum atomic E-state index is 12.8. The molecule has 0 bridgehead atoms. The standard InChI is InChI=1S/C20H22N4O3S/c1-13-5-7-16(8-6-13)21-19-9-10-20(23-22-19)24-28(25,26)18-12-15(3)14(2)11-17(18)27-4/h5-12H,1-4H3,(H,21,22)(H,23,24). The highest BCUT2D eigenvalue weighted by Crippen LogP contribution is 2.28. The van der Waals surface area contributed by atoms with E-state index in [-0.39, 0.29) is 16.5 Å². The molecule has 28 heavy (non-hydrogen) atoms. The van der Waals surface area contributed by atoms with Gasteiger partial charge in [-0.05, 0) is 68.3 Å². The summed E-state index contributed by atoms with van der Waals surface area (Å²) in [5.74, 6) is 0.909. The van der Waals surface area contributed by atoms with Crippen LogP contribution in [0.5, 0.6) is 5.75 Å². The number of nitrogens with zero attached hydrogens (tertiary/aromatic N) is 2. The molecular weight excluding hydrogens is 376 g/mol. The molecule has 0 saturated heterocycles. The first-order valence-corrected chi connectivity index (χ1v) is 10.1. The minimum Gasteiger partial charge on any atom is -0.495 e. The van der Waals surface area contributed by atoms with Gasteiger partial charge in [-0.15, -0.1) is 10.2 Å². The molecule has 1 aromatic heterocycles. The van der Waals surface area contributed by atoms with Crippen molar-refractivity contribution in [1.29, 1.82) is 0 Å². The molecule has 0 radical (unpaired) electrons. The third-order valence-corrected chi connectivity index (χ3v) is 5.67. The van der Waals surface area contributed by atoms with Crippen LogP contribution >= 0.6 is 0 Å². The summed E-state index contributed by atoms with van der Waals surface area (Å²) in [5, 5.41) is 11.1. The van der Waals surface area contributed by atoms with E-state index < -0.39 is 10.0 Å². The summed E-state index contributed by atoms with van der Waals surface area (Å²) in [4.78, 5) is 0.0572. The minimum atomic E-state index is -3.87. The molecular formula is C20H22N4O3S. The molecule has 0 aliphatic heterocycles. The number of sulfonamides is 1. The van der Waals surface area contributed by atoms with Crippen LogP contribution in [0.25, 0.3) is 0 Å². The van der Waals surface area contributed by atoms with E-state index in [0.29, 0.717) is 5.82 Å². The van der Waals surface area contributed by atoms with Crippen LogP contribution in [0.1, 0.15) is 16.7 Å². The molecule has 0 atom stereocenters. The summed E-state index contributed by atoms with van der Waals surface area (Å²) in [6.45, 7) is 5.75. The van der Waals surface area contributed by atoms with Crippen LogP contribution in [0.2, 0.25) is 0 Å². The van der Waals surface area contributed by atoms with Crippen LogP contribution in [0, 0.1) is 20.8 Å². The van der Waals surface area contributed by atoms with Gasteiger partial charge in [0.15, 0.2) is 11.6 Å². The van der Waals surface area contributed by atoms with E-state index in [2.05, 4.69) is 20.2 Å². The van der Waals surface area contributed by atoms with Crippen molar-refractivity contribution in [2.75, 3.05) is 17.1 Å². The maximum absolute atomic E-state index is 12.8. The second-order valence-corrected chi connectivity index (χ2v) is 8.14. The molecule has 0 aliphatic rings. The molecule has 0 spiro atoms. The first-order chi connectivity index (χ1) is 13.3. The summed E-state index contributed by atoms with van der Waals surface area (Å²) in [7, 11) is -2.43. The number of hydrogen-bond acceptors (Lipinski definition) is 6. The zero-order valence-corrected chi connectivity index (χ0v) is 17.0. The summed E-state index contributed by atoms with van der Waals surface area (Å²) in [6.07, 6.45) is 0. The number of methoxy groups -OCH3 is 1. The van der Waals surface area contributed by atoms with Crippen LogP contribution in [0.4, 0.5) is 17.3 Å². The van der Waals surface area contributed by atoms with E-state index in [9.17, 15) is 8.42 Å². The zero-order chi connectivity index (χ0) is 20.3. The fourth-order valence-electron chi connectivity index (χ4n) is 2.56. The Hall–Kier alpha value is -3.13. The molecule has 3 rings (SSSR count). The molecule has 7 nitrogen and oxygen atoms in total. The van der Waals surface area contributed by atoms with Crippen molar-refractivity contribution < 1.29 is 13.2 Å². The maximum Gasteiger partial charge on any atom is 0.266 e. The Bertz CT molecular complexity index is 1080. The van der Waals surface area contributed by atoms with Crippen molar-refractivity contribution in [3.05, 3.63) is 65.2 Å². The van der Waals surface area contributed by atoms with Crippen molar-refractivity contribution >= 4 is 27.3 Å². The summed E-state index contributed by atoms with van der Waals surface area (Å²) in [5.41, 5.74) is 3.82. The Morgan fingerprint density at radius 1 is 0.857 bits per heavy atom. The lowest BCUT2D eigenvalue weighted by Crippen LogP contribution is -2.16. The van der Waals surface area contributed by atoms with Gasteiger partial charge in [-0.25, -0.2) is 8.42 Å². The first kappa shape index (κ1) is 19.6. The average Bonchev–Trinajstić information content (AvgIpc) is 2.66. The van der Waals surface area contributed by atoms with Gasteiger partial charge in [-0.1, -0.05) is 17.7 Å². The average molecular weight is 398 g/mol. The molecule has 8 heteroatoms. The SMILES string of the molecule is COc1cc(C)c(C)cc1S(=O)(=O)Nc1ccc(Nc2ccc(C)cc2)nn1. The normalized spacial score (nSPS) is 11.1. The lowest BCUT2D eigenvalue weighted by molar-refractivity contribution is 0.402. The van der Waals surface area contributed by atoms with Crippen molar-refractivity contribution in [3.8, 4) is 5.75 Å². The molecule has 0 aliphatic carbocycles.